The van der Waals surface area contributed by atoms with Crippen molar-refractivity contribution in [2.24, 2.45) is 5.92 Å². The Kier molecular flexibility index (Phi) is 6.02. The van der Waals surface area contributed by atoms with E-state index in [-0.39, 0.29) is 5.91 Å². The fourth-order valence-electron chi connectivity index (χ4n) is 2.38. The molecule has 2 amide bonds. The van der Waals surface area contributed by atoms with Gasteiger partial charge in [0.05, 0.1) is 11.6 Å². The maximum absolute atomic E-state index is 12.6. The number of rotatable bonds is 6. The molecule has 1 aliphatic carbocycles. The van der Waals surface area contributed by atoms with E-state index in [1.54, 1.807) is 45.0 Å². The number of carbonyl (C=O) groups is 2. The standard InChI is InChI=1S/C19H25N3O3/c1-19(2,3)25-18(24)22-16(11-8-13-4-5-13)17(23)21-15-9-6-14(12-20)7-10-15/h6-7,9-10,13,16H,4-5,8,11H2,1-3H3,(H,21,23)(H,22,24). The molecule has 1 aliphatic rings. The van der Waals surface area contributed by atoms with E-state index in [0.29, 0.717) is 23.6 Å². The quantitative estimate of drug-likeness (QED) is 0.826. The Morgan fingerprint density at radius 2 is 1.92 bits per heavy atom. The number of hydrogen-bond donors (Lipinski definition) is 2. The summed E-state index contributed by atoms with van der Waals surface area (Å²) in [5.41, 5.74) is 0.496. The Balaban J connectivity index is 1.97. The Hall–Kier alpha value is -2.55. The average Bonchev–Trinajstić information content (AvgIpc) is 3.34. The van der Waals surface area contributed by atoms with E-state index in [1.165, 1.54) is 12.8 Å². The van der Waals surface area contributed by atoms with Gasteiger partial charge < -0.3 is 15.4 Å². The Morgan fingerprint density at radius 3 is 2.44 bits per heavy atom. The number of nitriles is 1. The highest BCUT2D eigenvalue weighted by Gasteiger charge is 2.28. The zero-order valence-electron chi connectivity index (χ0n) is 15.0. The zero-order chi connectivity index (χ0) is 18.4. The van der Waals surface area contributed by atoms with Gasteiger partial charge in [0.2, 0.25) is 5.91 Å². The first kappa shape index (κ1) is 18.8. The molecule has 1 saturated carbocycles. The highest BCUT2D eigenvalue weighted by molar-refractivity contribution is 5.96. The lowest BCUT2D eigenvalue weighted by Crippen LogP contribution is -2.45. The smallest absolute Gasteiger partial charge is 0.408 e. The summed E-state index contributed by atoms with van der Waals surface area (Å²) < 4.78 is 5.26. The van der Waals surface area contributed by atoms with Gasteiger partial charge in [0.15, 0.2) is 0 Å². The van der Waals surface area contributed by atoms with Gasteiger partial charge in [-0.3, -0.25) is 4.79 Å². The lowest BCUT2D eigenvalue weighted by molar-refractivity contribution is -0.118. The van der Waals surface area contributed by atoms with Crippen LogP contribution in [0.3, 0.4) is 0 Å². The number of benzene rings is 1. The fraction of sp³-hybridized carbons (Fsp3) is 0.526. The third kappa shape index (κ3) is 6.84. The van der Waals surface area contributed by atoms with Crippen molar-refractivity contribution in [2.75, 3.05) is 5.32 Å². The van der Waals surface area contributed by atoms with Crippen molar-refractivity contribution in [2.45, 2.75) is 58.1 Å². The number of nitrogens with zero attached hydrogens (tertiary/aromatic N) is 1. The normalized spacial score (nSPS) is 15.0. The van der Waals surface area contributed by atoms with Crippen LogP contribution in [0.2, 0.25) is 0 Å². The van der Waals surface area contributed by atoms with E-state index in [2.05, 4.69) is 10.6 Å². The third-order valence-electron chi connectivity index (χ3n) is 3.85. The molecule has 0 heterocycles. The molecule has 1 atom stereocenters. The Morgan fingerprint density at radius 1 is 1.28 bits per heavy atom. The molecule has 0 radical (unpaired) electrons. The third-order valence-corrected chi connectivity index (χ3v) is 3.85. The van der Waals surface area contributed by atoms with Crippen molar-refractivity contribution >= 4 is 17.7 Å². The molecule has 25 heavy (non-hydrogen) atoms. The second-order valence-corrected chi connectivity index (χ2v) is 7.40. The van der Waals surface area contributed by atoms with E-state index in [1.807, 2.05) is 6.07 Å². The molecule has 1 fully saturated rings. The van der Waals surface area contributed by atoms with Crippen molar-refractivity contribution in [3.05, 3.63) is 29.8 Å². The highest BCUT2D eigenvalue weighted by Crippen LogP contribution is 2.34. The van der Waals surface area contributed by atoms with Crippen LogP contribution in [-0.4, -0.2) is 23.6 Å². The van der Waals surface area contributed by atoms with E-state index >= 15 is 0 Å². The van der Waals surface area contributed by atoms with E-state index in [0.717, 1.165) is 6.42 Å². The topological polar surface area (TPSA) is 91.2 Å². The highest BCUT2D eigenvalue weighted by atomic mass is 16.6. The van der Waals surface area contributed by atoms with Crippen molar-refractivity contribution in [3.63, 3.8) is 0 Å². The number of ether oxygens (including phenoxy) is 1. The molecule has 1 aromatic carbocycles. The number of alkyl carbamates (subject to hydrolysis) is 1. The van der Waals surface area contributed by atoms with Gasteiger partial charge in [-0.15, -0.1) is 0 Å². The van der Waals surface area contributed by atoms with Crippen LogP contribution in [0, 0.1) is 17.2 Å². The molecule has 1 unspecified atom stereocenters. The molecule has 134 valence electrons. The van der Waals surface area contributed by atoms with Gasteiger partial charge in [-0.2, -0.15) is 5.26 Å². The van der Waals surface area contributed by atoms with Crippen molar-refractivity contribution in [1.82, 2.24) is 5.32 Å². The molecule has 0 spiro atoms. The molecule has 6 nitrogen and oxygen atoms in total. The minimum atomic E-state index is -0.647. The molecule has 2 N–H and O–H groups in total. The lowest BCUT2D eigenvalue weighted by Gasteiger charge is -2.23. The first-order valence-electron chi connectivity index (χ1n) is 8.57. The summed E-state index contributed by atoms with van der Waals surface area (Å²) in [5, 5.41) is 14.3. The van der Waals surface area contributed by atoms with Crippen LogP contribution in [0.4, 0.5) is 10.5 Å². The monoisotopic (exact) mass is 343 g/mol. The van der Waals surface area contributed by atoms with Gasteiger partial charge in [0, 0.05) is 5.69 Å². The number of amides is 2. The molecule has 6 heteroatoms. The van der Waals surface area contributed by atoms with Gasteiger partial charge in [0.1, 0.15) is 11.6 Å². The van der Waals surface area contributed by atoms with Crippen LogP contribution in [-0.2, 0) is 9.53 Å². The number of hydrogen-bond acceptors (Lipinski definition) is 4. The summed E-state index contributed by atoms with van der Waals surface area (Å²) in [6.07, 6.45) is 3.27. The van der Waals surface area contributed by atoms with Crippen LogP contribution in [0.5, 0.6) is 0 Å². The SMILES string of the molecule is CC(C)(C)OC(=O)NC(CCC1CC1)C(=O)Nc1ccc(C#N)cc1. The fourth-order valence-corrected chi connectivity index (χ4v) is 2.38. The van der Waals surface area contributed by atoms with Crippen molar-refractivity contribution < 1.29 is 14.3 Å². The van der Waals surface area contributed by atoms with Crippen LogP contribution >= 0.6 is 0 Å². The largest absolute Gasteiger partial charge is 0.444 e. The summed E-state index contributed by atoms with van der Waals surface area (Å²) in [4.78, 5) is 24.6. The first-order chi connectivity index (χ1) is 11.8. The molecule has 2 rings (SSSR count). The van der Waals surface area contributed by atoms with Crippen molar-refractivity contribution in [3.8, 4) is 6.07 Å². The first-order valence-corrected chi connectivity index (χ1v) is 8.57. The molecular weight excluding hydrogens is 318 g/mol. The van der Waals surface area contributed by atoms with E-state index < -0.39 is 17.7 Å². The van der Waals surface area contributed by atoms with Gasteiger partial charge >= 0.3 is 6.09 Å². The summed E-state index contributed by atoms with van der Waals surface area (Å²) in [5.74, 6) is 0.377. The minimum absolute atomic E-state index is 0.281. The van der Waals surface area contributed by atoms with Crippen LogP contribution in [0.1, 0.15) is 52.0 Å². The molecule has 1 aromatic rings. The summed E-state index contributed by atoms with van der Waals surface area (Å²) >= 11 is 0. The van der Waals surface area contributed by atoms with E-state index in [4.69, 9.17) is 10.00 Å². The Labute approximate surface area is 148 Å². The maximum atomic E-state index is 12.6. The molecule has 0 saturated heterocycles. The van der Waals surface area contributed by atoms with Gasteiger partial charge in [0.25, 0.3) is 0 Å². The lowest BCUT2D eigenvalue weighted by atomic mass is 10.1. The van der Waals surface area contributed by atoms with Gasteiger partial charge in [-0.1, -0.05) is 12.8 Å². The molecule has 0 bridgehead atoms. The average molecular weight is 343 g/mol. The summed E-state index contributed by atoms with van der Waals surface area (Å²) in [6, 6.07) is 7.99. The number of nitrogens with one attached hydrogen (secondary N) is 2. The maximum Gasteiger partial charge on any atom is 0.408 e. The number of carbonyl (C=O) groups excluding carboxylic acids is 2. The second kappa shape index (κ2) is 8.02. The zero-order valence-corrected chi connectivity index (χ0v) is 15.0. The molecular formula is C19H25N3O3. The number of anilines is 1. The van der Waals surface area contributed by atoms with Crippen LogP contribution in [0.15, 0.2) is 24.3 Å². The molecule has 0 aromatic heterocycles. The van der Waals surface area contributed by atoms with Gasteiger partial charge in [-0.05, 0) is 63.8 Å². The predicted octanol–water partition coefficient (Wildman–Crippen LogP) is 3.58. The van der Waals surface area contributed by atoms with Crippen LogP contribution < -0.4 is 10.6 Å². The van der Waals surface area contributed by atoms with E-state index in [9.17, 15) is 9.59 Å². The minimum Gasteiger partial charge on any atom is -0.444 e. The summed E-state index contributed by atoms with van der Waals surface area (Å²) in [7, 11) is 0. The van der Waals surface area contributed by atoms with Crippen LogP contribution in [0.25, 0.3) is 0 Å². The molecule has 0 aliphatic heterocycles. The summed E-state index contributed by atoms with van der Waals surface area (Å²) in [6.45, 7) is 5.34. The van der Waals surface area contributed by atoms with Gasteiger partial charge in [-0.25, -0.2) is 4.79 Å². The Bertz CT molecular complexity index is 652. The predicted molar refractivity (Wildman–Crippen MR) is 94.9 cm³/mol. The second-order valence-electron chi connectivity index (χ2n) is 7.40. The van der Waals surface area contributed by atoms with Crippen molar-refractivity contribution in [1.29, 1.82) is 5.26 Å².